The normalized spacial score (nSPS) is 16.5. The van der Waals surface area contributed by atoms with Gasteiger partial charge in [0.15, 0.2) is 0 Å². The number of carbonyl (C=O) groups excluding carboxylic acids is 5. The van der Waals surface area contributed by atoms with Crippen LogP contribution in [0.2, 0.25) is 5.02 Å². The van der Waals surface area contributed by atoms with Gasteiger partial charge < -0.3 is 44.1 Å². The highest BCUT2D eigenvalue weighted by Gasteiger charge is 2.39. The summed E-state index contributed by atoms with van der Waals surface area (Å²) in [6.07, 6.45) is 5.15. The van der Waals surface area contributed by atoms with Crippen molar-refractivity contribution >= 4 is 81.0 Å². The van der Waals surface area contributed by atoms with E-state index in [4.69, 9.17) is 35.3 Å². The molecule has 1 aromatic heterocycles. The fourth-order valence-corrected chi connectivity index (χ4v) is 8.76. The molecule has 1 atom stereocenters. The van der Waals surface area contributed by atoms with E-state index in [1.54, 1.807) is 45.8 Å². The van der Waals surface area contributed by atoms with E-state index in [2.05, 4.69) is 30.8 Å². The van der Waals surface area contributed by atoms with E-state index in [-0.39, 0.29) is 48.3 Å². The monoisotopic (exact) mass is 962 g/mol. The number of rotatable bonds is 23. The van der Waals surface area contributed by atoms with Crippen molar-refractivity contribution < 1.29 is 52.0 Å². The predicted octanol–water partition coefficient (Wildman–Crippen LogP) is 4.43. The van der Waals surface area contributed by atoms with E-state index < -0.39 is 17.8 Å². The van der Waals surface area contributed by atoms with Crippen LogP contribution in [0.5, 0.6) is 5.75 Å². The highest BCUT2D eigenvalue weighted by molar-refractivity contribution is 7.99. The molecule has 3 aliphatic heterocycles. The van der Waals surface area contributed by atoms with Crippen LogP contribution >= 0.6 is 23.4 Å². The lowest BCUT2D eigenvalue weighted by atomic mass is 10.0. The highest BCUT2D eigenvalue weighted by Crippen LogP contribution is 2.35. The fraction of sp³-hybridized carbons (Fsp3) is 0.413. The van der Waals surface area contributed by atoms with Crippen LogP contribution in [-0.4, -0.2) is 159 Å². The lowest BCUT2D eigenvalue weighted by Crippen LogP contribution is -2.52. The molecular formula is C46H52ClFN8O10S. The molecule has 0 spiro atoms. The SMILES string of the molecule is COc1cc2ncnc(Nc3ccc(F)c(Cl)c3)c2cc1NC(=O)/C=C/CN1CCN(C(=O)COCCOCCOCCOCCSc2cccc3c2CN(C2CCC(=O)NC2=O)C3=O)CC1. The van der Waals surface area contributed by atoms with Crippen LogP contribution in [0, 0.1) is 5.82 Å². The van der Waals surface area contributed by atoms with Gasteiger partial charge in [-0.2, -0.15) is 0 Å². The lowest BCUT2D eigenvalue weighted by Gasteiger charge is -2.34. The Balaban J connectivity index is 0.700. The summed E-state index contributed by atoms with van der Waals surface area (Å²) in [6, 6.07) is 12.6. The van der Waals surface area contributed by atoms with Crippen LogP contribution in [0.15, 0.2) is 71.9 Å². The summed E-state index contributed by atoms with van der Waals surface area (Å²) in [6.45, 7) is 5.87. The van der Waals surface area contributed by atoms with E-state index in [1.807, 2.05) is 12.1 Å². The zero-order valence-electron chi connectivity index (χ0n) is 36.9. The van der Waals surface area contributed by atoms with Gasteiger partial charge in [0.05, 0.1) is 69.6 Å². The fourth-order valence-electron chi connectivity index (χ4n) is 7.64. The number of nitrogens with zero attached hydrogens (tertiary/aromatic N) is 5. The summed E-state index contributed by atoms with van der Waals surface area (Å²) in [7, 11) is 1.50. The standard InChI is InChI=1S/C46H52ClFN8O10S/c1-62-39-26-36-32(44(50-29-49-36)51-30-7-8-35(48)34(47)24-30)25-37(39)52-41(57)6-3-11-54-12-14-55(15-13-54)43(59)28-66-21-20-64-17-16-63-18-19-65-22-23-67-40-5-2-4-31-33(40)27-56(46(31)61)38-9-10-42(58)53-45(38)60/h2-8,24-26,29,38H,9-23,27-28H2,1H3,(H,52,57)(H,49,50,51)(H,53,58,60)/b6-3+. The molecule has 3 aliphatic rings. The van der Waals surface area contributed by atoms with Gasteiger partial charge in [-0.05, 0) is 48.4 Å². The summed E-state index contributed by atoms with van der Waals surface area (Å²) in [4.78, 5) is 77.7. The van der Waals surface area contributed by atoms with Crippen LogP contribution in [-0.2, 0) is 44.7 Å². The third kappa shape index (κ3) is 13.5. The van der Waals surface area contributed by atoms with Crippen LogP contribution in [0.4, 0.5) is 21.6 Å². The number of piperazine rings is 1. The van der Waals surface area contributed by atoms with Gasteiger partial charge in [0, 0.05) is 85.1 Å². The molecule has 5 amide bonds. The summed E-state index contributed by atoms with van der Waals surface area (Å²) in [5.74, 6) is -0.397. The van der Waals surface area contributed by atoms with Gasteiger partial charge in [-0.3, -0.25) is 34.2 Å². The number of imide groups is 1. The third-order valence-electron chi connectivity index (χ3n) is 11.1. The molecule has 0 bridgehead atoms. The second kappa shape index (κ2) is 24.3. The number of hydrogen-bond acceptors (Lipinski definition) is 15. The number of aromatic nitrogens is 2. The molecule has 356 valence electrons. The average molecular weight is 963 g/mol. The van der Waals surface area contributed by atoms with Gasteiger partial charge in [0.2, 0.25) is 23.6 Å². The Hall–Kier alpha value is -5.74. The van der Waals surface area contributed by atoms with Crippen molar-refractivity contribution in [2.45, 2.75) is 30.3 Å². The molecule has 4 heterocycles. The summed E-state index contributed by atoms with van der Waals surface area (Å²) in [5, 5.41) is 8.88. The molecular weight excluding hydrogens is 911 g/mol. The van der Waals surface area contributed by atoms with Crippen LogP contribution in [0.3, 0.4) is 0 Å². The number of amides is 5. The maximum absolute atomic E-state index is 13.7. The van der Waals surface area contributed by atoms with Gasteiger partial charge in [0.1, 0.15) is 36.4 Å². The Kier molecular flexibility index (Phi) is 17.9. The smallest absolute Gasteiger partial charge is 0.255 e. The van der Waals surface area contributed by atoms with Gasteiger partial charge in [0.25, 0.3) is 5.91 Å². The average Bonchev–Trinajstić information content (AvgIpc) is 3.66. The number of ether oxygens (including phenoxy) is 5. The van der Waals surface area contributed by atoms with Gasteiger partial charge >= 0.3 is 0 Å². The Morgan fingerprint density at radius 3 is 2.42 bits per heavy atom. The van der Waals surface area contributed by atoms with E-state index in [0.29, 0.717) is 130 Å². The molecule has 67 heavy (non-hydrogen) atoms. The molecule has 21 heteroatoms. The number of fused-ring (bicyclic) bond motifs is 2. The summed E-state index contributed by atoms with van der Waals surface area (Å²) < 4.78 is 41.6. The second-order valence-corrected chi connectivity index (χ2v) is 17.1. The molecule has 7 rings (SSSR count). The highest BCUT2D eigenvalue weighted by atomic mass is 35.5. The van der Waals surface area contributed by atoms with Crippen molar-refractivity contribution in [3.63, 3.8) is 0 Å². The summed E-state index contributed by atoms with van der Waals surface area (Å²) in [5.41, 5.74) is 2.99. The lowest BCUT2D eigenvalue weighted by molar-refractivity contribution is -0.138. The maximum atomic E-state index is 13.7. The molecule has 4 aromatic rings. The zero-order valence-corrected chi connectivity index (χ0v) is 38.5. The Bertz CT molecular complexity index is 2460. The number of hydrogen-bond donors (Lipinski definition) is 3. The Morgan fingerprint density at radius 2 is 1.69 bits per heavy atom. The van der Waals surface area contributed by atoms with Gasteiger partial charge in [-0.15, -0.1) is 11.8 Å². The third-order valence-corrected chi connectivity index (χ3v) is 12.5. The van der Waals surface area contributed by atoms with Gasteiger partial charge in [-0.1, -0.05) is 23.7 Å². The molecule has 0 saturated carbocycles. The molecule has 3 aromatic carbocycles. The van der Waals surface area contributed by atoms with E-state index >= 15 is 0 Å². The van der Waals surface area contributed by atoms with E-state index in [9.17, 15) is 28.4 Å². The molecule has 0 radical (unpaired) electrons. The Labute approximate surface area is 395 Å². The minimum Gasteiger partial charge on any atom is -0.494 e. The molecule has 0 aliphatic carbocycles. The van der Waals surface area contributed by atoms with Crippen molar-refractivity contribution in [2.24, 2.45) is 0 Å². The first-order chi connectivity index (χ1) is 32.6. The number of thioether (sulfide) groups is 1. The van der Waals surface area contributed by atoms with Crippen molar-refractivity contribution in [3.05, 3.63) is 89.0 Å². The number of anilines is 3. The number of benzene rings is 3. The van der Waals surface area contributed by atoms with Crippen LogP contribution < -0.4 is 20.7 Å². The van der Waals surface area contributed by atoms with E-state index in [0.717, 1.165) is 10.5 Å². The number of carbonyl (C=O) groups is 5. The molecule has 18 nitrogen and oxygen atoms in total. The minimum absolute atomic E-state index is 0.0347. The number of halogens is 2. The second-order valence-electron chi connectivity index (χ2n) is 15.5. The number of methoxy groups -OCH3 is 1. The summed E-state index contributed by atoms with van der Waals surface area (Å²) >= 11 is 7.54. The van der Waals surface area contributed by atoms with Crippen LogP contribution in [0.25, 0.3) is 10.9 Å². The molecule has 1 unspecified atom stereocenters. The minimum atomic E-state index is -0.644. The van der Waals surface area contributed by atoms with E-state index in [1.165, 1.54) is 37.7 Å². The number of nitrogens with one attached hydrogen (secondary N) is 3. The Morgan fingerprint density at radius 1 is 0.940 bits per heavy atom. The van der Waals surface area contributed by atoms with Crippen molar-refractivity contribution in [2.75, 3.05) is 109 Å². The largest absolute Gasteiger partial charge is 0.494 e. The zero-order chi connectivity index (χ0) is 47.1. The molecule has 2 saturated heterocycles. The first-order valence-corrected chi connectivity index (χ1v) is 23.2. The van der Waals surface area contributed by atoms with Gasteiger partial charge in [-0.25, -0.2) is 14.4 Å². The first kappa shape index (κ1) is 49.2. The first-order valence-electron chi connectivity index (χ1n) is 21.8. The topological polar surface area (TPSA) is 203 Å². The predicted molar refractivity (Wildman–Crippen MR) is 248 cm³/mol. The number of piperidine rings is 1. The molecule has 3 N–H and O–H groups in total. The maximum Gasteiger partial charge on any atom is 0.255 e. The van der Waals surface area contributed by atoms with Crippen LogP contribution in [0.1, 0.15) is 28.8 Å². The van der Waals surface area contributed by atoms with Crippen molar-refractivity contribution in [1.29, 1.82) is 0 Å². The van der Waals surface area contributed by atoms with Crippen molar-refractivity contribution in [1.82, 2.24) is 30.0 Å². The van der Waals surface area contributed by atoms with Crippen molar-refractivity contribution in [3.8, 4) is 5.75 Å². The quantitative estimate of drug-likeness (QED) is 0.0408. The molecule has 2 fully saturated rings.